The van der Waals surface area contributed by atoms with E-state index < -0.39 is 0 Å². The standard InChI is InChI=1S/C17H26N4O2/c1-23-16-5-3-2-4-15(16)19-17(22)13-20-8-10-21(11-9-20)14-6-7-18-12-14/h2-5,14,18H,6-13H2,1H3,(H,19,22). The van der Waals surface area contributed by atoms with Crippen molar-refractivity contribution in [3.05, 3.63) is 24.3 Å². The molecule has 0 spiro atoms. The van der Waals surface area contributed by atoms with E-state index in [1.54, 1.807) is 7.11 Å². The van der Waals surface area contributed by atoms with Crippen LogP contribution in [0.25, 0.3) is 0 Å². The second-order valence-electron chi connectivity index (χ2n) is 6.21. The van der Waals surface area contributed by atoms with E-state index in [0.29, 0.717) is 18.3 Å². The minimum atomic E-state index is 0.0190. The summed E-state index contributed by atoms with van der Waals surface area (Å²) in [5.74, 6) is 0.713. The minimum absolute atomic E-state index is 0.0190. The van der Waals surface area contributed by atoms with E-state index in [1.807, 2.05) is 24.3 Å². The third kappa shape index (κ3) is 4.22. The molecule has 0 saturated carbocycles. The number of anilines is 1. The third-order valence-corrected chi connectivity index (χ3v) is 4.71. The molecule has 1 unspecified atom stereocenters. The van der Waals surface area contributed by atoms with E-state index in [9.17, 15) is 4.79 Å². The molecule has 2 aliphatic rings. The lowest BCUT2D eigenvalue weighted by Gasteiger charge is -2.37. The van der Waals surface area contributed by atoms with Crippen LogP contribution in [0.15, 0.2) is 24.3 Å². The fourth-order valence-electron chi connectivity index (χ4n) is 3.38. The zero-order valence-electron chi connectivity index (χ0n) is 13.8. The molecule has 3 rings (SSSR count). The molecular weight excluding hydrogens is 292 g/mol. The van der Waals surface area contributed by atoms with Crippen LogP contribution in [0, 0.1) is 0 Å². The van der Waals surface area contributed by atoms with Gasteiger partial charge in [0.15, 0.2) is 0 Å². The van der Waals surface area contributed by atoms with Gasteiger partial charge in [-0.2, -0.15) is 0 Å². The Labute approximate surface area is 137 Å². The van der Waals surface area contributed by atoms with Gasteiger partial charge in [0.2, 0.25) is 5.91 Å². The summed E-state index contributed by atoms with van der Waals surface area (Å²) in [7, 11) is 1.61. The van der Waals surface area contributed by atoms with E-state index in [4.69, 9.17) is 4.74 Å². The van der Waals surface area contributed by atoms with Crippen LogP contribution in [0.4, 0.5) is 5.69 Å². The van der Waals surface area contributed by atoms with Crippen molar-refractivity contribution in [2.24, 2.45) is 0 Å². The molecule has 2 saturated heterocycles. The number of methoxy groups -OCH3 is 1. The number of amides is 1. The van der Waals surface area contributed by atoms with Crippen LogP contribution in [0.3, 0.4) is 0 Å². The van der Waals surface area contributed by atoms with Gasteiger partial charge in [0.25, 0.3) is 0 Å². The monoisotopic (exact) mass is 318 g/mol. The Balaban J connectivity index is 1.45. The molecule has 0 bridgehead atoms. The zero-order valence-corrected chi connectivity index (χ0v) is 13.8. The maximum Gasteiger partial charge on any atom is 0.238 e. The molecule has 2 heterocycles. The number of nitrogens with one attached hydrogen (secondary N) is 2. The summed E-state index contributed by atoms with van der Waals surface area (Å²) in [6, 6.07) is 8.18. The maximum absolute atomic E-state index is 12.3. The molecule has 2 fully saturated rings. The van der Waals surface area contributed by atoms with Crippen LogP contribution < -0.4 is 15.4 Å². The summed E-state index contributed by atoms with van der Waals surface area (Å²) in [5.41, 5.74) is 0.732. The Morgan fingerprint density at radius 2 is 2.09 bits per heavy atom. The molecule has 1 aromatic rings. The molecule has 1 atom stereocenters. The van der Waals surface area contributed by atoms with Crippen LogP contribution in [-0.4, -0.2) is 74.7 Å². The van der Waals surface area contributed by atoms with E-state index in [-0.39, 0.29) is 5.91 Å². The lowest BCUT2D eigenvalue weighted by atomic mass is 10.2. The van der Waals surface area contributed by atoms with Crippen LogP contribution in [0.5, 0.6) is 5.75 Å². The number of carbonyl (C=O) groups excluding carboxylic acids is 1. The van der Waals surface area contributed by atoms with E-state index in [1.165, 1.54) is 6.42 Å². The Hall–Kier alpha value is -1.63. The smallest absolute Gasteiger partial charge is 0.238 e. The molecule has 126 valence electrons. The van der Waals surface area contributed by atoms with Gasteiger partial charge in [0.05, 0.1) is 19.3 Å². The number of nitrogens with zero attached hydrogens (tertiary/aromatic N) is 2. The largest absolute Gasteiger partial charge is 0.495 e. The van der Waals surface area contributed by atoms with E-state index >= 15 is 0 Å². The predicted octanol–water partition coefficient (Wildman–Crippen LogP) is 0.613. The van der Waals surface area contributed by atoms with Crippen molar-refractivity contribution in [2.45, 2.75) is 12.5 Å². The highest BCUT2D eigenvalue weighted by atomic mass is 16.5. The van der Waals surface area contributed by atoms with Crippen molar-refractivity contribution < 1.29 is 9.53 Å². The first-order chi connectivity index (χ1) is 11.3. The van der Waals surface area contributed by atoms with Crippen molar-refractivity contribution in [3.8, 4) is 5.75 Å². The van der Waals surface area contributed by atoms with Crippen LogP contribution in [-0.2, 0) is 4.79 Å². The SMILES string of the molecule is COc1ccccc1NC(=O)CN1CCN(C2CCNC2)CC1. The van der Waals surface area contributed by atoms with Gasteiger partial charge in [0, 0.05) is 38.8 Å². The number of ether oxygens (including phenoxy) is 1. The molecule has 23 heavy (non-hydrogen) atoms. The number of hydrogen-bond acceptors (Lipinski definition) is 5. The summed E-state index contributed by atoms with van der Waals surface area (Å²) in [5, 5.41) is 6.37. The summed E-state index contributed by atoms with van der Waals surface area (Å²) < 4.78 is 5.27. The maximum atomic E-state index is 12.3. The van der Waals surface area contributed by atoms with Gasteiger partial charge in [-0.3, -0.25) is 14.6 Å². The number of carbonyl (C=O) groups is 1. The quantitative estimate of drug-likeness (QED) is 0.833. The number of para-hydroxylation sites is 2. The van der Waals surface area contributed by atoms with Crippen molar-refractivity contribution in [1.82, 2.24) is 15.1 Å². The Kier molecular flexibility index (Phi) is 5.48. The minimum Gasteiger partial charge on any atom is -0.495 e. The van der Waals surface area contributed by atoms with Gasteiger partial charge in [-0.1, -0.05) is 12.1 Å². The molecule has 0 aliphatic carbocycles. The number of hydrogen-bond donors (Lipinski definition) is 2. The second kappa shape index (κ2) is 7.77. The molecule has 0 radical (unpaired) electrons. The Morgan fingerprint density at radius 1 is 1.30 bits per heavy atom. The molecule has 0 aromatic heterocycles. The molecule has 1 amide bonds. The highest BCUT2D eigenvalue weighted by Gasteiger charge is 2.26. The van der Waals surface area contributed by atoms with Crippen LogP contribution in [0.2, 0.25) is 0 Å². The number of piperazine rings is 1. The average molecular weight is 318 g/mol. The lowest BCUT2D eigenvalue weighted by Crippen LogP contribution is -2.52. The predicted molar refractivity (Wildman–Crippen MR) is 90.9 cm³/mol. The van der Waals surface area contributed by atoms with Crippen LogP contribution in [0.1, 0.15) is 6.42 Å². The van der Waals surface area contributed by atoms with Gasteiger partial charge in [-0.05, 0) is 25.1 Å². The van der Waals surface area contributed by atoms with Gasteiger partial charge in [-0.15, -0.1) is 0 Å². The normalized spacial score (nSPS) is 22.9. The van der Waals surface area contributed by atoms with Gasteiger partial charge in [-0.25, -0.2) is 0 Å². The second-order valence-corrected chi connectivity index (χ2v) is 6.21. The molecule has 2 aliphatic heterocycles. The average Bonchev–Trinajstić information content (AvgIpc) is 3.10. The highest BCUT2D eigenvalue weighted by molar-refractivity contribution is 5.93. The molecule has 6 nitrogen and oxygen atoms in total. The summed E-state index contributed by atoms with van der Waals surface area (Å²) in [6.07, 6.45) is 1.24. The fourth-order valence-corrected chi connectivity index (χ4v) is 3.38. The summed E-state index contributed by atoms with van der Waals surface area (Å²) >= 11 is 0. The summed E-state index contributed by atoms with van der Waals surface area (Å²) in [6.45, 7) is 6.68. The van der Waals surface area contributed by atoms with Gasteiger partial charge >= 0.3 is 0 Å². The Bertz CT molecular complexity index is 523. The van der Waals surface area contributed by atoms with E-state index in [2.05, 4.69) is 20.4 Å². The lowest BCUT2D eigenvalue weighted by molar-refractivity contribution is -0.117. The van der Waals surface area contributed by atoms with Crippen molar-refractivity contribution in [2.75, 3.05) is 58.2 Å². The van der Waals surface area contributed by atoms with Crippen molar-refractivity contribution in [3.63, 3.8) is 0 Å². The zero-order chi connectivity index (χ0) is 16.1. The van der Waals surface area contributed by atoms with Crippen molar-refractivity contribution in [1.29, 1.82) is 0 Å². The van der Waals surface area contributed by atoms with Crippen molar-refractivity contribution >= 4 is 11.6 Å². The fraction of sp³-hybridized carbons (Fsp3) is 0.588. The van der Waals surface area contributed by atoms with Crippen LogP contribution >= 0.6 is 0 Å². The molecule has 1 aromatic carbocycles. The van der Waals surface area contributed by atoms with Gasteiger partial charge < -0.3 is 15.4 Å². The Morgan fingerprint density at radius 3 is 2.78 bits per heavy atom. The summed E-state index contributed by atoms with van der Waals surface area (Å²) in [4.78, 5) is 17.0. The first-order valence-corrected chi connectivity index (χ1v) is 8.36. The molecule has 6 heteroatoms. The first-order valence-electron chi connectivity index (χ1n) is 8.36. The van der Waals surface area contributed by atoms with E-state index in [0.717, 1.165) is 45.0 Å². The molecule has 2 N–H and O–H groups in total. The number of rotatable bonds is 5. The van der Waals surface area contributed by atoms with Gasteiger partial charge in [0.1, 0.15) is 5.75 Å². The molecular formula is C17H26N4O2. The topological polar surface area (TPSA) is 56.8 Å². The number of benzene rings is 1. The first kappa shape index (κ1) is 16.2. The highest BCUT2D eigenvalue weighted by Crippen LogP contribution is 2.22. The third-order valence-electron chi connectivity index (χ3n) is 4.71.